The highest BCUT2D eigenvalue weighted by molar-refractivity contribution is 5.82. The Labute approximate surface area is 92.7 Å². The molecule has 0 radical (unpaired) electrons. The summed E-state index contributed by atoms with van der Waals surface area (Å²) in [5.74, 6) is 1.19. The lowest BCUT2D eigenvalue weighted by Gasteiger charge is -2.27. The Morgan fingerprint density at radius 3 is 3.00 bits per heavy atom. The number of hydrogen-bond donors (Lipinski definition) is 2. The summed E-state index contributed by atoms with van der Waals surface area (Å²) in [7, 11) is 0. The summed E-state index contributed by atoms with van der Waals surface area (Å²) in [5.41, 5.74) is -0.173. The van der Waals surface area contributed by atoms with E-state index in [-0.39, 0.29) is 18.0 Å². The molecule has 6 nitrogen and oxygen atoms in total. The monoisotopic (exact) mass is 222 g/mol. The van der Waals surface area contributed by atoms with Crippen molar-refractivity contribution in [3.8, 4) is 0 Å². The predicted molar refractivity (Wildman–Crippen MR) is 59.5 cm³/mol. The second-order valence-corrected chi connectivity index (χ2v) is 3.68. The summed E-state index contributed by atoms with van der Waals surface area (Å²) in [5, 5.41) is 2.73. The first kappa shape index (κ1) is 10.7. The molecular formula is C10H14N4O2. The molecule has 0 spiro atoms. The third kappa shape index (κ3) is 2.21. The van der Waals surface area contributed by atoms with E-state index in [2.05, 4.69) is 15.3 Å². The molecule has 2 heterocycles. The Kier molecular flexibility index (Phi) is 2.89. The second kappa shape index (κ2) is 4.34. The number of aryl methyl sites for hydroxylation is 1. The third-order valence-electron chi connectivity index (χ3n) is 2.47. The molecule has 2 rings (SSSR count). The zero-order valence-corrected chi connectivity index (χ0v) is 9.12. The number of H-pyrrole nitrogens is 1. The number of carbonyl (C=O) groups excluding carboxylic acids is 1. The van der Waals surface area contributed by atoms with Crippen LogP contribution in [0.3, 0.4) is 0 Å². The summed E-state index contributed by atoms with van der Waals surface area (Å²) < 4.78 is 0. The van der Waals surface area contributed by atoms with Crippen LogP contribution in [0.15, 0.2) is 10.9 Å². The van der Waals surface area contributed by atoms with Gasteiger partial charge in [-0.05, 0) is 0 Å². The fourth-order valence-corrected chi connectivity index (χ4v) is 1.66. The molecule has 1 fully saturated rings. The average Bonchev–Trinajstić information content (AvgIpc) is 2.28. The number of rotatable bonds is 2. The van der Waals surface area contributed by atoms with Crippen LogP contribution in [0.4, 0.5) is 5.82 Å². The first-order valence-corrected chi connectivity index (χ1v) is 5.31. The van der Waals surface area contributed by atoms with Crippen LogP contribution in [-0.4, -0.2) is 35.5 Å². The van der Waals surface area contributed by atoms with Gasteiger partial charge in [-0.3, -0.25) is 9.59 Å². The first-order chi connectivity index (χ1) is 7.69. The summed E-state index contributed by atoms with van der Waals surface area (Å²) >= 11 is 0. The highest BCUT2D eigenvalue weighted by Crippen LogP contribution is 2.08. The van der Waals surface area contributed by atoms with Crippen molar-refractivity contribution in [3.63, 3.8) is 0 Å². The topological polar surface area (TPSA) is 78.1 Å². The van der Waals surface area contributed by atoms with Crippen molar-refractivity contribution in [3.05, 3.63) is 22.2 Å². The summed E-state index contributed by atoms with van der Waals surface area (Å²) in [6.45, 7) is 3.46. The smallest absolute Gasteiger partial charge is 0.252 e. The Balaban J connectivity index is 2.28. The molecule has 1 aromatic rings. The number of carbonyl (C=O) groups is 1. The molecule has 0 atom stereocenters. The molecule has 0 unspecified atom stereocenters. The molecule has 1 aromatic heterocycles. The van der Waals surface area contributed by atoms with Crippen LogP contribution in [0.25, 0.3) is 0 Å². The van der Waals surface area contributed by atoms with Crippen molar-refractivity contribution in [1.29, 1.82) is 0 Å². The van der Waals surface area contributed by atoms with E-state index in [4.69, 9.17) is 0 Å². The lowest BCUT2D eigenvalue weighted by Crippen LogP contribution is -2.48. The predicted octanol–water partition coefficient (Wildman–Crippen LogP) is -0.731. The Hall–Kier alpha value is -1.85. The molecule has 1 amide bonds. The number of nitrogens with zero attached hydrogens (tertiary/aromatic N) is 2. The van der Waals surface area contributed by atoms with Crippen molar-refractivity contribution in [2.45, 2.75) is 13.3 Å². The lowest BCUT2D eigenvalue weighted by molar-refractivity contribution is -0.120. The van der Waals surface area contributed by atoms with Gasteiger partial charge in [0.15, 0.2) is 0 Å². The maximum absolute atomic E-state index is 11.4. The number of aromatic amines is 1. The molecule has 6 heteroatoms. The molecule has 0 saturated carbocycles. The number of hydrogen-bond acceptors (Lipinski definition) is 4. The van der Waals surface area contributed by atoms with Gasteiger partial charge in [0.25, 0.3) is 5.56 Å². The quantitative estimate of drug-likeness (QED) is 0.691. The minimum Gasteiger partial charge on any atom is -0.353 e. The number of nitrogens with one attached hydrogen (secondary N) is 2. The van der Waals surface area contributed by atoms with Gasteiger partial charge >= 0.3 is 0 Å². The van der Waals surface area contributed by atoms with E-state index in [9.17, 15) is 9.59 Å². The second-order valence-electron chi connectivity index (χ2n) is 3.68. The first-order valence-electron chi connectivity index (χ1n) is 5.31. The number of amides is 1. The molecule has 0 bridgehead atoms. The maximum Gasteiger partial charge on any atom is 0.252 e. The van der Waals surface area contributed by atoms with Gasteiger partial charge in [-0.1, -0.05) is 6.92 Å². The van der Waals surface area contributed by atoms with Gasteiger partial charge in [-0.2, -0.15) is 0 Å². The molecule has 2 N–H and O–H groups in total. The normalized spacial score (nSPS) is 16.1. The van der Waals surface area contributed by atoms with Crippen molar-refractivity contribution >= 4 is 11.7 Å². The minimum atomic E-state index is -0.173. The van der Waals surface area contributed by atoms with E-state index in [1.165, 1.54) is 6.07 Å². The SMILES string of the molecule is CCc1nc(N2CCNC(=O)C2)cc(=O)[nH]1. The molecule has 1 saturated heterocycles. The zero-order valence-electron chi connectivity index (χ0n) is 9.12. The Bertz CT molecular complexity index is 454. The van der Waals surface area contributed by atoms with E-state index in [0.717, 1.165) is 0 Å². The molecule has 86 valence electrons. The maximum atomic E-state index is 11.4. The van der Waals surface area contributed by atoms with E-state index in [1.54, 1.807) is 0 Å². The van der Waals surface area contributed by atoms with Crippen molar-refractivity contribution < 1.29 is 4.79 Å². The average molecular weight is 222 g/mol. The Morgan fingerprint density at radius 1 is 1.50 bits per heavy atom. The van der Waals surface area contributed by atoms with Gasteiger partial charge in [-0.15, -0.1) is 0 Å². The minimum absolute atomic E-state index is 0.0358. The molecule has 1 aliphatic heterocycles. The molecule has 16 heavy (non-hydrogen) atoms. The van der Waals surface area contributed by atoms with Gasteiger partial charge in [0.1, 0.15) is 11.6 Å². The largest absolute Gasteiger partial charge is 0.353 e. The van der Waals surface area contributed by atoms with Gasteiger partial charge in [0.05, 0.1) is 6.54 Å². The van der Waals surface area contributed by atoms with Crippen LogP contribution in [0.1, 0.15) is 12.7 Å². The van der Waals surface area contributed by atoms with Crippen molar-refractivity contribution in [2.24, 2.45) is 0 Å². The van der Waals surface area contributed by atoms with Crippen LogP contribution >= 0.6 is 0 Å². The molecule has 1 aliphatic rings. The Morgan fingerprint density at radius 2 is 2.31 bits per heavy atom. The van der Waals surface area contributed by atoms with Gasteiger partial charge < -0.3 is 15.2 Å². The summed E-state index contributed by atoms with van der Waals surface area (Å²) in [4.78, 5) is 31.4. The van der Waals surface area contributed by atoms with Gasteiger partial charge in [-0.25, -0.2) is 4.98 Å². The highest BCUT2D eigenvalue weighted by Gasteiger charge is 2.18. The van der Waals surface area contributed by atoms with E-state index in [0.29, 0.717) is 31.2 Å². The van der Waals surface area contributed by atoms with E-state index >= 15 is 0 Å². The van der Waals surface area contributed by atoms with Gasteiger partial charge in [0.2, 0.25) is 5.91 Å². The van der Waals surface area contributed by atoms with E-state index < -0.39 is 0 Å². The van der Waals surface area contributed by atoms with E-state index in [1.807, 2.05) is 11.8 Å². The molecule has 0 aliphatic carbocycles. The molecular weight excluding hydrogens is 208 g/mol. The van der Waals surface area contributed by atoms with Crippen LogP contribution in [0, 0.1) is 0 Å². The van der Waals surface area contributed by atoms with Gasteiger partial charge in [0, 0.05) is 25.6 Å². The summed E-state index contributed by atoms with van der Waals surface area (Å²) in [6.07, 6.45) is 0.670. The fraction of sp³-hybridized carbons (Fsp3) is 0.500. The highest BCUT2D eigenvalue weighted by atomic mass is 16.2. The van der Waals surface area contributed by atoms with Crippen LogP contribution in [-0.2, 0) is 11.2 Å². The van der Waals surface area contributed by atoms with Crippen LogP contribution < -0.4 is 15.8 Å². The molecule has 0 aromatic carbocycles. The summed E-state index contributed by atoms with van der Waals surface area (Å²) in [6, 6.07) is 1.43. The standard InChI is InChI=1S/C10H14N4O2/c1-2-7-12-8(5-9(15)13-7)14-4-3-11-10(16)6-14/h5H,2-4,6H2,1H3,(H,11,16)(H,12,13,15). The number of aromatic nitrogens is 2. The third-order valence-corrected chi connectivity index (χ3v) is 2.47. The van der Waals surface area contributed by atoms with Crippen molar-refractivity contribution in [1.82, 2.24) is 15.3 Å². The van der Waals surface area contributed by atoms with Crippen LogP contribution in [0.2, 0.25) is 0 Å². The zero-order chi connectivity index (χ0) is 11.5. The van der Waals surface area contributed by atoms with Crippen LogP contribution in [0.5, 0.6) is 0 Å². The number of piperazine rings is 1. The lowest BCUT2D eigenvalue weighted by atomic mass is 10.3. The van der Waals surface area contributed by atoms with Crippen molar-refractivity contribution in [2.75, 3.05) is 24.5 Å². The fourth-order valence-electron chi connectivity index (χ4n) is 1.66. The number of anilines is 1.